The molecule has 0 aliphatic heterocycles. The first-order chi connectivity index (χ1) is 15.9. The van der Waals surface area contributed by atoms with E-state index in [1.54, 1.807) is 45.0 Å². The number of ether oxygens (including phenoxy) is 1. The standard InChI is InChI=1S/C24H24BrF2N3O4/c1-14-29-22(34-12-17-8-9-18(26)10-19(17)27)20(25)23(32)30(14)11-15-4-6-16(7-5-15)21(31)28-13-24(2,3)33/h4-10,33H,11-13H2,1-3H3,(H,28,31). The van der Waals surface area contributed by atoms with Crippen molar-refractivity contribution >= 4 is 21.8 Å². The molecule has 0 aliphatic rings. The van der Waals surface area contributed by atoms with E-state index in [9.17, 15) is 23.5 Å². The van der Waals surface area contributed by atoms with Gasteiger partial charge in [0.2, 0.25) is 5.88 Å². The number of aromatic nitrogens is 2. The Morgan fingerprint density at radius 2 is 1.88 bits per heavy atom. The predicted octanol–water partition coefficient (Wildman–Crippen LogP) is 3.72. The second-order valence-electron chi connectivity index (χ2n) is 8.39. The summed E-state index contributed by atoms with van der Waals surface area (Å²) in [5.41, 5.74) is -0.0941. The topological polar surface area (TPSA) is 93.5 Å². The van der Waals surface area contributed by atoms with Crippen molar-refractivity contribution in [2.45, 2.75) is 39.5 Å². The lowest BCUT2D eigenvalue weighted by Crippen LogP contribution is -2.38. The van der Waals surface area contributed by atoms with Crippen LogP contribution in [0.5, 0.6) is 5.88 Å². The quantitative estimate of drug-likeness (QED) is 0.458. The highest BCUT2D eigenvalue weighted by molar-refractivity contribution is 9.10. The lowest BCUT2D eigenvalue weighted by molar-refractivity contribution is 0.0694. The van der Waals surface area contributed by atoms with Crippen molar-refractivity contribution in [3.8, 4) is 5.88 Å². The summed E-state index contributed by atoms with van der Waals surface area (Å²) in [7, 11) is 0. The third-order valence-electron chi connectivity index (χ3n) is 4.89. The molecule has 34 heavy (non-hydrogen) atoms. The number of hydrogen-bond donors (Lipinski definition) is 2. The molecule has 1 aromatic heterocycles. The molecule has 0 saturated carbocycles. The second kappa shape index (κ2) is 10.4. The third kappa shape index (κ3) is 6.48. The minimum atomic E-state index is -1.02. The molecule has 0 aliphatic carbocycles. The summed E-state index contributed by atoms with van der Waals surface area (Å²) < 4.78 is 33.9. The molecular formula is C24H24BrF2N3O4. The molecule has 0 unspecified atom stereocenters. The summed E-state index contributed by atoms with van der Waals surface area (Å²) in [5, 5.41) is 12.4. The summed E-state index contributed by atoms with van der Waals surface area (Å²) in [4.78, 5) is 29.4. The number of aliphatic hydroxyl groups is 1. The molecule has 3 aromatic rings. The van der Waals surface area contributed by atoms with Crippen LogP contribution in [0.1, 0.15) is 41.2 Å². The van der Waals surface area contributed by atoms with Crippen molar-refractivity contribution < 1.29 is 23.4 Å². The van der Waals surface area contributed by atoms with E-state index in [1.807, 2.05) is 0 Å². The van der Waals surface area contributed by atoms with Crippen LogP contribution in [0, 0.1) is 18.6 Å². The molecule has 0 radical (unpaired) electrons. The molecule has 0 spiro atoms. The fourth-order valence-corrected chi connectivity index (χ4v) is 3.44. The van der Waals surface area contributed by atoms with Crippen LogP contribution < -0.4 is 15.6 Å². The number of carbonyl (C=O) groups excluding carboxylic acids is 1. The molecule has 0 bridgehead atoms. The zero-order valence-electron chi connectivity index (χ0n) is 18.9. The van der Waals surface area contributed by atoms with Crippen molar-refractivity contribution in [1.82, 2.24) is 14.9 Å². The summed E-state index contributed by atoms with van der Waals surface area (Å²) in [6.07, 6.45) is 0. The van der Waals surface area contributed by atoms with E-state index in [0.717, 1.165) is 17.7 Å². The van der Waals surface area contributed by atoms with Crippen LogP contribution in [0.2, 0.25) is 0 Å². The minimum absolute atomic E-state index is 0.00121. The summed E-state index contributed by atoms with van der Waals surface area (Å²) in [5.74, 6) is -1.39. The van der Waals surface area contributed by atoms with Gasteiger partial charge in [-0.05, 0) is 66.5 Å². The number of benzene rings is 2. The number of hydrogen-bond acceptors (Lipinski definition) is 5. The van der Waals surface area contributed by atoms with Gasteiger partial charge in [0.1, 0.15) is 28.5 Å². The van der Waals surface area contributed by atoms with Crippen LogP contribution >= 0.6 is 15.9 Å². The van der Waals surface area contributed by atoms with Gasteiger partial charge in [-0.25, -0.2) is 8.78 Å². The molecule has 2 aromatic carbocycles. The Morgan fingerprint density at radius 3 is 2.50 bits per heavy atom. The number of rotatable bonds is 8. The summed E-state index contributed by atoms with van der Waals surface area (Å²) in [6, 6.07) is 9.85. The first kappa shape index (κ1) is 25.5. The van der Waals surface area contributed by atoms with E-state index >= 15 is 0 Å². The lowest BCUT2D eigenvalue weighted by Gasteiger charge is -2.17. The Balaban J connectivity index is 1.72. The molecule has 0 atom stereocenters. The Hall–Kier alpha value is -3.11. The van der Waals surface area contributed by atoms with Gasteiger partial charge in [0.15, 0.2) is 0 Å². The van der Waals surface area contributed by atoms with Crippen LogP contribution in [-0.2, 0) is 13.2 Å². The molecule has 1 amide bonds. The predicted molar refractivity (Wildman–Crippen MR) is 126 cm³/mol. The second-order valence-corrected chi connectivity index (χ2v) is 9.18. The molecule has 0 saturated heterocycles. The van der Waals surface area contributed by atoms with E-state index in [4.69, 9.17) is 4.74 Å². The maximum atomic E-state index is 13.8. The number of amides is 1. The lowest BCUT2D eigenvalue weighted by atomic mass is 10.1. The number of halogens is 3. The Labute approximate surface area is 203 Å². The number of nitrogens with zero attached hydrogens (tertiary/aromatic N) is 2. The van der Waals surface area contributed by atoms with Gasteiger partial charge in [-0.15, -0.1) is 0 Å². The zero-order valence-corrected chi connectivity index (χ0v) is 20.4. The smallest absolute Gasteiger partial charge is 0.272 e. The van der Waals surface area contributed by atoms with Crippen molar-refractivity contribution in [1.29, 1.82) is 0 Å². The first-order valence-electron chi connectivity index (χ1n) is 10.4. The van der Waals surface area contributed by atoms with Crippen molar-refractivity contribution in [2.75, 3.05) is 6.54 Å². The molecule has 7 nitrogen and oxygen atoms in total. The Bertz CT molecular complexity index is 1250. The minimum Gasteiger partial charge on any atom is -0.472 e. The maximum absolute atomic E-state index is 13.8. The first-order valence-corrected chi connectivity index (χ1v) is 11.2. The van der Waals surface area contributed by atoms with Crippen molar-refractivity contribution in [2.24, 2.45) is 0 Å². The number of nitrogens with one attached hydrogen (secondary N) is 1. The Morgan fingerprint density at radius 1 is 1.21 bits per heavy atom. The van der Waals surface area contributed by atoms with Gasteiger partial charge in [0.05, 0.1) is 12.1 Å². The summed E-state index contributed by atoms with van der Waals surface area (Å²) >= 11 is 3.20. The largest absolute Gasteiger partial charge is 0.472 e. The van der Waals surface area contributed by atoms with E-state index < -0.39 is 22.8 Å². The van der Waals surface area contributed by atoms with E-state index in [1.165, 1.54) is 10.6 Å². The van der Waals surface area contributed by atoms with Gasteiger partial charge in [0, 0.05) is 23.7 Å². The van der Waals surface area contributed by atoms with E-state index in [-0.39, 0.29) is 41.5 Å². The highest BCUT2D eigenvalue weighted by Crippen LogP contribution is 2.21. The maximum Gasteiger partial charge on any atom is 0.272 e. The van der Waals surface area contributed by atoms with Gasteiger partial charge in [-0.1, -0.05) is 12.1 Å². The van der Waals surface area contributed by atoms with Gasteiger partial charge in [-0.3, -0.25) is 14.2 Å². The normalized spacial score (nSPS) is 11.4. The Kier molecular flexibility index (Phi) is 7.83. The average molecular weight is 536 g/mol. The van der Waals surface area contributed by atoms with Crippen molar-refractivity contribution in [3.05, 3.63) is 91.4 Å². The SMILES string of the molecule is Cc1nc(OCc2ccc(F)cc2F)c(Br)c(=O)n1Cc1ccc(C(=O)NCC(C)(C)O)cc1. The van der Waals surface area contributed by atoms with E-state index in [0.29, 0.717) is 11.4 Å². The highest BCUT2D eigenvalue weighted by Gasteiger charge is 2.17. The molecule has 0 fully saturated rings. The van der Waals surface area contributed by atoms with E-state index in [2.05, 4.69) is 26.2 Å². The van der Waals surface area contributed by atoms with Gasteiger partial charge in [-0.2, -0.15) is 4.98 Å². The fraction of sp³-hybridized carbons (Fsp3) is 0.292. The summed E-state index contributed by atoms with van der Waals surface area (Å²) in [6.45, 7) is 4.92. The van der Waals surface area contributed by atoms with Gasteiger partial charge < -0.3 is 15.2 Å². The number of aryl methyl sites for hydroxylation is 1. The van der Waals surface area contributed by atoms with Crippen LogP contribution in [0.15, 0.2) is 51.7 Å². The van der Waals surface area contributed by atoms with Gasteiger partial charge >= 0.3 is 0 Å². The molecule has 10 heteroatoms. The van der Waals surface area contributed by atoms with Crippen LogP contribution in [0.4, 0.5) is 8.78 Å². The van der Waals surface area contributed by atoms with Gasteiger partial charge in [0.25, 0.3) is 11.5 Å². The fourth-order valence-electron chi connectivity index (χ4n) is 3.02. The van der Waals surface area contributed by atoms with Crippen LogP contribution in [0.3, 0.4) is 0 Å². The molecule has 3 rings (SSSR count). The van der Waals surface area contributed by atoms with Crippen LogP contribution in [0.25, 0.3) is 0 Å². The van der Waals surface area contributed by atoms with Crippen LogP contribution in [-0.4, -0.2) is 32.7 Å². The zero-order chi connectivity index (χ0) is 25.0. The molecular weight excluding hydrogens is 512 g/mol. The van der Waals surface area contributed by atoms with Crippen molar-refractivity contribution in [3.63, 3.8) is 0 Å². The molecule has 180 valence electrons. The monoisotopic (exact) mass is 535 g/mol. The molecule has 2 N–H and O–H groups in total. The average Bonchev–Trinajstić information content (AvgIpc) is 2.77. The number of carbonyl (C=O) groups is 1. The molecule has 1 heterocycles. The highest BCUT2D eigenvalue weighted by atomic mass is 79.9. The third-order valence-corrected chi connectivity index (χ3v) is 5.57.